The van der Waals surface area contributed by atoms with E-state index in [0.29, 0.717) is 17.9 Å². The van der Waals surface area contributed by atoms with Crippen molar-refractivity contribution in [2.24, 2.45) is 5.92 Å². The number of carbonyl (C=O) groups excluding carboxylic acids is 2. The van der Waals surface area contributed by atoms with Crippen LogP contribution in [0.2, 0.25) is 0 Å². The second-order valence-electron chi connectivity index (χ2n) is 12.7. The molecule has 4 aromatic rings. The second kappa shape index (κ2) is 13.5. The van der Waals surface area contributed by atoms with Crippen molar-refractivity contribution in [3.05, 3.63) is 101 Å². The van der Waals surface area contributed by atoms with E-state index >= 15 is 0 Å². The Morgan fingerprint density at radius 2 is 1.68 bits per heavy atom. The van der Waals surface area contributed by atoms with Gasteiger partial charge in [0.05, 0.1) is 18.5 Å². The fourth-order valence-electron chi connectivity index (χ4n) is 5.76. The van der Waals surface area contributed by atoms with Crippen LogP contribution in [0, 0.1) is 12.8 Å². The number of hydrogen-bond donors (Lipinski definition) is 3. The van der Waals surface area contributed by atoms with Crippen LogP contribution in [0.15, 0.2) is 78.9 Å². The lowest BCUT2D eigenvalue weighted by molar-refractivity contribution is -0.121. The van der Waals surface area contributed by atoms with Crippen LogP contribution < -0.4 is 20.7 Å². The Bertz CT molecular complexity index is 1580. The van der Waals surface area contributed by atoms with Crippen molar-refractivity contribution in [1.82, 2.24) is 15.1 Å². The van der Waals surface area contributed by atoms with E-state index in [1.807, 2.05) is 85.8 Å². The first-order chi connectivity index (χ1) is 21.1. The van der Waals surface area contributed by atoms with Gasteiger partial charge in [0.25, 0.3) is 0 Å². The van der Waals surface area contributed by atoms with Crippen LogP contribution in [0.25, 0.3) is 5.69 Å². The molecule has 0 spiro atoms. The number of aryl methyl sites for hydroxylation is 1. The van der Waals surface area contributed by atoms with Crippen LogP contribution in [0.1, 0.15) is 61.9 Å². The van der Waals surface area contributed by atoms with E-state index in [9.17, 15) is 9.59 Å². The van der Waals surface area contributed by atoms with E-state index < -0.39 is 0 Å². The van der Waals surface area contributed by atoms with Gasteiger partial charge < -0.3 is 15.4 Å². The zero-order chi connectivity index (χ0) is 31.3. The number of urea groups is 1. The number of aromatic nitrogens is 2. The van der Waals surface area contributed by atoms with Crippen molar-refractivity contribution < 1.29 is 14.3 Å². The molecular formula is C36H43N5O3. The molecule has 3 N–H and O–H groups in total. The molecule has 8 nitrogen and oxygen atoms in total. The second-order valence-corrected chi connectivity index (χ2v) is 12.7. The van der Waals surface area contributed by atoms with Crippen molar-refractivity contribution in [3.63, 3.8) is 0 Å². The highest BCUT2D eigenvalue weighted by molar-refractivity contribution is 5.99. The average Bonchev–Trinajstić information content (AvgIpc) is 3.43. The number of carbonyl (C=O) groups is 2. The van der Waals surface area contributed by atoms with Crippen molar-refractivity contribution in [3.8, 4) is 11.4 Å². The van der Waals surface area contributed by atoms with E-state index in [1.54, 1.807) is 11.8 Å². The summed E-state index contributed by atoms with van der Waals surface area (Å²) in [5.41, 5.74) is 5.21. The number of hydrogen-bond acceptors (Lipinski definition) is 5. The monoisotopic (exact) mass is 593 g/mol. The first kappa shape index (κ1) is 31.0. The number of ether oxygens (including phenoxy) is 1. The number of rotatable bonds is 9. The molecule has 5 rings (SSSR count). The van der Waals surface area contributed by atoms with Gasteiger partial charge >= 0.3 is 6.03 Å². The van der Waals surface area contributed by atoms with E-state index in [2.05, 4.69) is 36.7 Å². The molecule has 0 radical (unpaired) electrons. The quantitative estimate of drug-likeness (QED) is 0.194. The number of amides is 2. The summed E-state index contributed by atoms with van der Waals surface area (Å²) >= 11 is 0. The molecule has 2 heterocycles. The standard InChI is InChI=1S/C36H43N5O3/c1-24-9-13-29(14-10-24)41-33(23-32(40-41)36(2,3)4)39-35(43)38-28-8-6-7-27(22-28)34(26-17-19-37-20-18-26)31(42)21-25-11-15-30(44-5)16-12-25/h6-16,22-23,26,34,37H,17-21H2,1-5H3,(H2,38,39,43). The molecule has 0 saturated carbocycles. The lowest BCUT2D eigenvalue weighted by Crippen LogP contribution is -2.34. The smallest absolute Gasteiger partial charge is 0.324 e. The molecule has 1 saturated heterocycles. The summed E-state index contributed by atoms with van der Waals surface area (Å²) in [5, 5.41) is 14.2. The predicted molar refractivity (Wildman–Crippen MR) is 176 cm³/mol. The first-order valence-electron chi connectivity index (χ1n) is 15.3. The molecule has 230 valence electrons. The van der Waals surface area contributed by atoms with Gasteiger partial charge in [0.1, 0.15) is 17.4 Å². The molecule has 1 aromatic heterocycles. The lowest BCUT2D eigenvalue weighted by atomic mass is 9.76. The van der Waals surface area contributed by atoms with E-state index in [-0.39, 0.29) is 29.1 Å². The highest BCUT2D eigenvalue weighted by atomic mass is 16.5. The zero-order valence-corrected chi connectivity index (χ0v) is 26.3. The minimum Gasteiger partial charge on any atom is -0.497 e. The fourth-order valence-corrected chi connectivity index (χ4v) is 5.76. The molecule has 8 heteroatoms. The summed E-state index contributed by atoms with van der Waals surface area (Å²) in [6, 6.07) is 25.0. The maximum Gasteiger partial charge on any atom is 0.324 e. The summed E-state index contributed by atoms with van der Waals surface area (Å²) in [5.74, 6) is 1.49. The Morgan fingerprint density at radius 1 is 0.977 bits per heavy atom. The molecule has 0 bridgehead atoms. The minimum absolute atomic E-state index is 0.181. The van der Waals surface area contributed by atoms with Gasteiger partial charge in [-0.05, 0) is 86.3 Å². The van der Waals surface area contributed by atoms with Gasteiger partial charge in [0.2, 0.25) is 0 Å². The number of nitrogens with zero attached hydrogens (tertiary/aromatic N) is 2. The maximum atomic E-state index is 13.9. The molecular weight excluding hydrogens is 550 g/mol. The van der Waals surface area contributed by atoms with Gasteiger partial charge in [-0.3, -0.25) is 10.1 Å². The van der Waals surface area contributed by atoms with E-state index in [0.717, 1.165) is 59.8 Å². The number of Topliss-reactive ketones (excluding diaryl/α,β-unsaturated/α-hetero) is 1. The van der Waals surface area contributed by atoms with Crippen LogP contribution in [0.5, 0.6) is 5.75 Å². The number of benzene rings is 3. The largest absolute Gasteiger partial charge is 0.497 e. The summed E-state index contributed by atoms with van der Waals surface area (Å²) < 4.78 is 7.05. The van der Waals surface area contributed by atoms with Crippen molar-refractivity contribution in [2.45, 2.75) is 58.3 Å². The molecule has 1 fully saturated rings. The van der Waals surface area contributed by atoms with E-state index in [1.165, 1.54) is 0 Å². The maximum absolute atomic E-state index is 13.9. The number of ketones is 1. The Kier molecular flexibility index (Phi) is 9.49. The summed E-state index contributed by atoms with van der Waals surface area (Å²) in [4.78, 5) is 27.2. The van der Waals surface area contributed by atoms with Gasteiger partial charge in [-0.1, -0.05) is 62.7 Å². The van der Waals surface area contributed by atoms with Gasteiger partial charge in [-0.25, -0.2) is 9.48 Å². The van der Waals surface area contributed by atoms with E-state index in [4.69, 9.17) is 9.84 Å². The topological polar surface area (TPSA) is 97.3 Å². The molecule has 1 aliphatic rings. The van der Waals surface area contributed by atoms with Crippen LogP contribution in [0.4, 0.5) is 16.3 Å². The fraction of sp³-hybridized carbons (Fsp3) is 0.361. The van der Waals surface area contributed by atoms with Gasteiger partial charge in [-0.15, -0.1) is 0 Å². The van der Waals surface area contributed by atoms with Crippen molar-refractivity contribution in [1.29, 1.82) is 0 Å². The molecule has 1 unspecified atom stereocenters. The SMILES string of the molecule is COc1ccc(CC(=O)C(c2cccc(NC(=O)Nc3cc(C(C)(C)C)nn3-c3ccc(C)cc3)c2)C2CCNCC2)cc1. The summed E-state index contributed by atoms with van der Waals surface area (Å²) in [7, 11) is 1.64. The van der Waals surface area contributed by atoms with Crippen LogP contribution in [0.3, 0.4) is 0 Å². The third-order valence-electron chi connectivity index (χ3n) is 8.24. The van der Waals surface area contributed by atoms with Crippen LogP contribution in [-0.2, 0) is 16.6 Å². The zero-order valence-electron chi connectivity index (χ0n) is 26.3. The molecule has 0 aliphatic carbocycles. The highest BCUT2D eigenvalue weighted by Gasteiger charge is 2.31. The third-order valence-corrected chi connectivity index (χ3v) is 8.24. The van der Waals surface area contributed by atoms with Crippen LogP contribution >= 0.6 is 0 Å². The molecule has 3 aromatic carbocycles. The van der Waals surface area contributed by atoms with Gasteiger partial charge in [-0.2, -0.15) is 5.10 Å². The third kappa shape index (κ3) is 7.55. The number of piperidine rings is 1. The average molecular weight is 594 g/mol. The molecule has 1 atom stereocenters. The number of anilines is 2. The molecule has 2 amide bonds. The number of methoxy groups -OCH3 is 1. The Morgan fingerprint density at radius 3 is 2.34 bits per heavy atom. The lowest BCUT2D eigenvalue weighted by Gasteiger charge is -2.30. The molecule has 44 heavy (non-hydrogen) atoms. The Balaban J connectivity index is 1.36. The molecule has 1 aliphatic heterocycles. The Hall–Kier alpha value is -4.43. The minimum atomic E-state index is -0.376. The Labute approximate surface area is 260 Å². The normalized spacial score (nSPS) is 14.6. The van der Waals surface area contributed by atoms with Gasteiger partial charge in [0.15, 0.2) is 0 Å². The van der Waals surface area contributed by atoms with Gasteiger partial charge in [0, 0.05) is 29.5 Å². The van der Waals surface area contributed by atoms with Crippen molar-refractivity contribution in [2.75, 3.05) is 30.8 Å². The highest BCUT2D eigenvalue weighted by Crippen LogP contribution is 2.34. The van der Waals surface area contributed by atoms with Crippen molar-refractivity contribution >= 4 is 23.3 Å². The van der Waals surface area contributed by atoms with Crippen LogP contribution in [-0.4, -0.2) is 41.8 Å². The number of nitrogens with one attached hydrogen (secondary N) is 3. The first-order valence-corrected chi connectivity index (χ1v) is 15.3. The summed E-state index contributed by atoms with van der Waals surface area (Å²) in [6.07, 6.45) is 2.20. The predicted octanol–water partition coefficient (Wildman–Crippen LogP) is 7.03. The summed E-state index contributed by atoms with van der Waals surface area (Å²) in [6.45, 7) is 10.1.